The Morgan fingerprint density at radius 3 is 1.37 bits per heavy atom. The van der Waals surface area contributed by atoms with Gasteiger partial charge in [0.15, 0.2) is 0 Å². The molecule has 0 atom stereocenters. The Kier molecular flexibility index (Phi) is 12.0. The molecule has 1 aliphatic rings. The molecule has 3 heterocycles. The fourth-order valence-corrected chi connectivity index (χ4v) is 2.65. The van der Waals surface area contributed by atoms with Crippen LogP contribution in [0, 0.1) is 0 Å². The second kappa shape index (κ2) is 13.3. The average molecular weight is 500 g/mol. The number of carboxylic acid groups (broad SMARTS) is 2. The van der Waals surface area contributed by atoms with Crippen LogP contribution in [0.5, 0.6) is 0 Å². The molecular weight excluding hydrogens is 477 g/mol. The van der Waals surface area contributed by atoms with Crippen molar-refractivity contribution in [3.63, 3.8) is 0 Å². The van der Waals surface area contributed by atoms with Gasteiger partial charge in [-0.3, -0.25) is 15.0 Å². The number of hydrogen-bond donors (Lipinski definition) is 0. The van der Waals surface area contributed by atoms with E-state index < -0.39 is 11.9 Å². The molecule has 4 rings (SSSR count). The van der Waals surface area contributed by atoms with Crippen LogP contribution in [0.15, 0.2) is 67.3 Å². The topological polar surface area (TPSA) is 119 Å². The smallest absolute Gasteiger partial charge is 0.550 e. The molecule has 0 aliphatic heterocycles. The number of carboxylic acids is 2. The van der Waals surface area contributed by atoms with E-state index >= 15 is 0 Å². The average Bonchev–Trinajstić information content (AvgIpc) is 2.91. The summed E-state index contributed by atoms with van der Waals surface area (Å²) in [5.74, 6) is -2.17. The monoisotopic (exact) mass is 499 g/mol. The number of rotatable bonds is 0. The minimum atomic E-state index is -1.08. The maximum Gasteiger partial charge on any atom is 2.00 e. The van der Waals surface area contributed by atoms with Crippen LogP contribution in [0.4, 0.5) is 0 Å². The van der Waals surface area contributed by atoms with Crippen molar-refractivity contribution >= 4 is 11.9 Å². The van der Waals surface area contributed by atoms with E-state index in [1.807, 2.05) is 42.7 Å². The van der Waals surface area contributed by atoms with Crippen molar-refractivity contribution < 1.29 is 40.2 Å². The van der Waals surface area contributed by atoms with E-state index in [-0.39, 0.29) is 25.8 Å². The van der Waals surface area contributed by atoms with E-state index in [1.165, 1.54) is 11.1 Å². The van der Waals surface area contributed by atoms with Gasteiger partial charge in [0.2, 0.25) is 0 Å². The number of carbonyl (C=O) groups is 2. The van der Waals surface area contributed by atoms with E-state index in [1.54, 1.807) is 12.4 Å². The van der Waals surface area contributed by atoms with Crippen LogP contribution in [0.1, 0.15) is 38.8 Å². The van der Waals surface area contributed by atoms with Crippen molar-refractivity contribution in [1.82, 2.24) is 15.0 Å². The second-order valence-electron chi connectivity index (χ2n) is 6.43. The Morgan fingerprint density at radius 1 is 0.733 bits per heavy atom. The fourth-order valence-electron chi connectivity index (χ4n) is 2.65. The SMILES string of the molecule is CC(=O)[O-].CC(=O)[O-].CC1(C)c2cccnc2-c2ncccc21.[Pd+2].c1ccncc1. The summed E-state index contributed by atoms with van der Waals surface area (Å²) in [6.45, 7) is 6.39. The molecule has 0 saturated carbocycles. The van der Waals surface area contributed by atoms with Crippen LogP contribution >= 0.6 is 0 Å². The van der Waals surface area contributed by atoms with Crippen LogP contribution in [-0.2, 0) is 35.4 Å². The third-order valence-electron chi connectivity index (χ3n) is 3.75. The summed E-state index contributed by atoms with van der Waals surface area (Å²) in [5, 5.41) is 17.8. The molecule has 0 unspecified atom stereocenters. The Balaban J connectivity index is 0.000000468. The fraction of sp³-hybridized carbons (Fsp3) is 0.227. The third-order valence-corrected chi connectivity index (χ3v) is 3.75. The zero-order chi connectivity index (χ0) is 21.9. The number of pyridine rings is 3. The number of nitrogens with zero attached hydrogens (tertiary/aromatic N) is 3. The summed E-state index contributed by atoms with van der Waals surface area (Å²) in [6.07, 6.45) is 7.16. The van der Waals surface area contributed by atoms with Crippen molar-refractivity contribution in [2.45, 2.75) is 33.1 Å². The first-order valence-electron chi connectivity index (χ1n) is 8.79. The molecule has 160 valence electrons. The Bertz CT molecular complexity index is 840. The maximum absolute atomic E-state index is 8.89. The summed E-state index contributed by atoms with van der Waals surface area (Å²) in [4.78, 5) is 30.4. The second-order valence-corrected chi connectivity index (χ2v) is 6.43. The molecule has 3 aromatic heterocycles. The van der Waals surface area contributed by atoms with Crippen LogP contribution < -0.4 is 10.2 Å². The number of carbonyl (C=O) groups excluding carboxylic acids is 2. The van der Waals surface area contributed by atoms with E-state index in [0.717, 1.165) is 25.2 Å². The van der Waals surface area contributed by atoms with Gasteiger partial charge in [0.25, 0.3) is 0 Å². The zero-order valence-corrected chi connectivity index (χ0v) is 18.7. The molecule has 0 amide bonds. The molecular formula is C22H23N3O4Pd. The largest absolute Gasteiger partial charge is 2.00 e. The number of aliphatic carboxylic acids is 2. The molecule has 0 spiro atoms. The van der Waals surface area contributed by atoms with Gasteiger partial charge in [-0.1, -0.05) is 32.0 Å². The minimum absolute atomic E-state index is 0. The van der Waals surface area contributed by atoms with Gasteiger partial charge in [0, 0.05) is 42.1 Å². The summed E-state index contributed by atoms with van der Waals surface area (Å²) in [6, 6.07) is 14.0. The molecule has 0 aromatic carbocycles. The minimum Gasteiger partial charge on any atom is -0.550 e. The van der Waals surface area contributed by atoms with E-state index in [0.29, 0.717) is 0 Å². The van der Waals surface area contributed by atoms with Crippen molar-refractivity contribution in [3.8, 4) is 11.4 Å². The predicted molar refractivity (Wildman–Crippen MR) is 105 cm³/mol. The van der Waals surface area contributed by atoms with Crippen LogP contribution in [-0.4, -0.2) is 26.9 Å². The molecule has 7 nitrogen and oxygen atoms in total. The van der Waals surface area contributed by atoms with Gasteiger partial charge < -0.3 is 19.8 Å². The Morgan fingerprint density at radius 2 is 1.10 bits per heavy atom. The molecule has 8 heteroatoms. The normalized spacial score (nSPS) is 11.2. The van der Waals surface area contributed by atoms with Crippen LogP contribution in [0.25, 0.3) is 11.4 Å². The van der Waals surface area contributed by atoms with Crippen molar-refractivity contribution in [2.75, 3.05) is 0 Å². The van der Waals surface area contributed by atoms with Crippen molar-refractivity contribution in [3.05, 3.63) is 78.4 Å². The van der Waals surface area contributed by atoms with Crippen LogP contribution in [0.3, 0.4) is 0 Å². The summed E-state index contributed by atoms with van der Waals surface area (Å²) in [7, 11) is 0. The van der Waals surface area contributed by atoms with Gasteiger partial charge in [-0.25, -0.2) is 0 Å². The standard InChI is InChI=1S/C13H12N2.C5H5N.2C2H4O2.Pd/c1-13(2)9-5-3-7-14-11(9)12-10(13)6-4-8-15-12;1-2-4-6-5-3-1;2*1-2(3)4;/h3-8H,1-2H3;1-5H;2*1H3,(H,3,4);/q;;;;+2/p-2. The van der Waals surface area contributed by atoms with E-state index in [2.05, 4.69) is 40.9 Å². The van der Waals surface area contributed by atoms with Crippen molar-refractivity contribution in [1.29, 1.82) is 0 Å². The molecule has 0 fully saturated rings. The Labute approximate surface area is 189 Å². The third kappa shape index (κ3) is 8.60. The summed E-state index contributed by atoms with van der Waals surface area (Å²) in [5.41, 5.74) is 4.67. The van der Waals surface area contributed by atoms with Gasteiger partial charge in [-0.2, -0.15) is 0 Å². The number of hydrogen-bond acceptors (Lipinski definition) is 7. The molecule has 0 radical (unpaired) electrons. The zero-order valence-electron chi connectivity index (χ0n) is 17.1. The van der Waals surface area contributed by atoms with Crippen molar-refractivity contribution in [2.24, 2.45) is 0 Å². The van der Waals surface area contributed by atoms with Gasteiger partial charge in [0.05, 0.1) is 11.4 Å². The molecule has 30 heavy (non-hydrogen) atoms. The Hall–Kier alpha value is -2.95. The number of fused-ring (bicyclic) bond motifs is 3. The van der Waals surface area contributed by atoms with Gasteiger partial charge in [-0.15, -0.1) is 0 Å². The van der Waals surface area contributed by atoms with E-state index in [9.17, 15) is 0 Å². The first-order valence-corrected chi connectivity index (χ1v) is 8.79. The molecule has 0 bridgehead atoms. The van der Waals surface area contributed by atoms with E-state index in [4.69, 9.17) is 19.8 Å². The first kappa shape index (κ1) is 27.1. The quantitative estimate of drug-likeness (QED) is 0.429. The van der Waals surface area contributed by atoms with Gasteiger partial charge in [0.1, 0.15) is 0 Å². The number of aromatic nitrogens is 3. The van der Waals surface area contributed by atoms with Crippen LogP contribution in [0.2, 0.25) is 0 Å². The van der Waals surface area contributed by atoms with Gasteiger partial charge >= 0.3 is 20.4 Å². The molecule has 1 aliphatic carbocycles. The summed E-state index contributed by atoms with van der Waals surface area (Å²) < 4.78 is 0. The first-order chi connectivity index (χ1) is 13.7. The maximum atomic E-state index is 8.89. The summed E-state index contributed by atoms with van der Waals surface area (Å²) >= 11 is 0. The molecule has 3 aromatic rings. The van der Waals surface area contributed by atoms with Gasteiger partial charge in [-0.05, 0) is 49.2 Å². The predicted octanol–water partition coefficient (Wildman–Crippen LogP) is 1.37. The molecule has 0 N–H and O–H groups in total. The molecule has 0 saturated heterocycles.